The number of nitrogens with zero attached hydrogens (tertiary/aromatic N) is 1. The van der Waals surface area contributed by atoms with Crippen LogP contribution in [0.3, 0.4) is 0 Å². The fourth-order valence-electron chi connectivity index (χ4n) is 1.98. The van der Waals surface area contributed by atoms with Gasteiger partial charge in [0.05, 0.1) is 23.0 Å². The van der Waals surface area contributed by atoms with Gasteiger partial charge < -0.3 is 4.74 Å². The van der Waals surface area contributed by atoms with Gasteiger partial charge in [-0.2, -0.15) is 0 Å². The van der Waals surface area contributed by atoms with Gasteiger partial charge >= 0.3 is 5.97 Å². The molecule has 0 saturated heterocycles. The number of hydrogen-bond acceptors (Lipinski definition) is 3. The standard InChI is InChI=1S/C18H13NO2/c20-18(15-7-2-1-3-8-15)21-13-12-16-11-10-14-6-4-5-9-17(14)19-16/h1-13H/b13-12+. The van der Waals surface area contributed by atoms with Crippen molar-refractivity contribution in [2.75, 3.05) is 0 Å². The SMILES string of the molecule is O=C(O/C=C/c1ccc2ccccc2n1)c1ccccc1. The molecule has 0 fully saturated rings. The second-order valence-electron chi connectivity index (χ2n) is 4.50. The molecule has 0 atom stereocenters. The van der Waals surface area contributed by atoms with E-state index >= 15 is 0 Å². The third-order valence-corrected chi connectivity index (χ3v) is 3.04. The van der Waals surface area contributed by atoms with Gasteiger partial charge in [0.15, 0.2) is 0 Å². The number of carbonyl (C=O) groups excluding carboxylic acids is 1. The first kappa shape index (κ1) is 13.1. The van der Waals surface area contributed by atoms with Gasteiger partial charge in [-0.05, 0) is 30.3 Å². The minimum Gasteiger partial charge on any atom is -0.431 e. The number of para-hydroxylation sites is 1. The summed E-state index contributed by atoms with van der Waals surface area (Å²) in [5.74, 6) is -0.382. The molecule has 21 heavy (non-hydrogen) atoms. The molecule has 0 aliphatic heterocycles. The van der Waals surface area contributed by atoms with E-state index in [1.54, 1.807) is 30.3 Å². The smallest absolute Gasteiger partial charge is 0.342 e. The molecule has 1 aromatic heterocycles. The van der Waals surface area contributed by atoms with Gasteiger partial charge in [-0.25, -0.2) is 9.78 Å². The van der Waals surface area contributed by atoms with Crippen molar-refractivity contribution in [1.29, 1.82) is 0 Å². The Balaban J connectivity index is 1.71. The largest absolute Gasteiger partial charge is 0.431 e. The molecule has 3 aromatic rings. The van der Waals surface area contributed by atoms with Crippen molar-refractivity contribution in [1.82, 2.24) is 4.98 Å². The van der Waals surface area contributed by atoms with Gasteiger partial charge in [-0.3, -0.25) is 0 Å². The number of rotatable bonds is 3. The molecule has 3 nitrogen and oxygen atoms in total. The molecule has 0 amide bonds. The lowest BCUT2D eigenvalue weighted by atomic mass is 10.2. The first-order valence-electron chi connectivity index (χ1n) is 6.61. The molecule has 3 heteroatoms. The maximum absolute atomic E-state index is 11.8. The van der Waals surface area contributed by atoms with E-state index in [-0.39, 0.29) is 5.97 Å². The summed E-state index contributed by atoms with van der Waals surface area (Å²) in [5.41, 5.74) is 2.18. The number of hydrogen-bond donors (Lipinski definition) is 0. The number of aromatic nitrogens is 1. The molecule has 1 heterocycles. The predicted molar refractivity (Wildman–Crippen MR) is 82.6 cm³/mol. The minimum atomic E-state index is -0.382. The molecule has 0 N–H and O–H groups in total. The van der Waals surface area contributed by atoms with E-state index in [0.29, 0.717) is 5.56 Å². The van der Waals surface area contributed by atoms with Gasteiger partial charge in [-0.15, -0.1) is 0 Å². The number of pyridine rings is 1. The number of esters is 1. The average Bonchev–Trinajstić information content (AvgIpc) is 2.55. The highest BCUT2D eigenvalue weighted by Crippen LogP contribution is 2.12. The van der Waals surface area contributed by atoms with E-state index < -0.39 is 0 Å². The van der Waals surface area contributed by atoms with Crippen LogP contribution in [0.1, 0.15) is 16.1 Å². The number of benzene rings is 2. The van der Waals surface area contributed by atoms with Crippen molar-refractivity contribution in [3.63, 3.8) is 0 Å². The van der Waals surface area contributed by atoms with Gasteiger partial charge in [0.25, 0.3) is 0 Å². The zero-order valence-electron chi connectivity index (χ0n) is 11.3. The number of carbonyl (C=O) groups is 1. The van der Waals surface area contributed by atoms with E-state index in [9.17, 15) is 4.79 Å². The van der Waals surface area contributed by atoms with Crippen molar-refractivity contribution in [3.8, 4) is 0 Å². The zero-order chi connectivity index (χ0) is 14.5. The Bertz CT molecular complexity index is 794. The van der Waals surface area contributed by atoms with Gasteiger partial charge in [0, 0.05) is 5.39 Å². The van der Waals surface area contributed by atoms with E-state index in [1.165, 1.54) is 6.26 Å². The zero-order valence-corrected chi connectivity index (χ0v) is 11.3. The molecule has 0 unspecified atom stereocenters. The first-order chi connectivity index (χ1) is 10.3. The highest BCUT2D eigenvalue weighted by Gasteiger charge is 2.03. The molecule has 3 rings (SSSR count). The number of ether oxygens (including phenoxy) is 1. The van der Waals surface area contributed by atoms with Gasteiger partial charge in [0.1, 0.15) is 0 Å². The summed E-state index contributed by atoms with van der Waals surface area (Å²) < 4.78 is 5.08. The van der Waals surface area contributed by atoms with Crippen LogP contribution < -0.4 is 0 Å². The third-order valence-electron chi connectivity index (χ3n) is 3.04. The van der Waals surface area contributed by atoms with E-state index in [0.717, 1.165) is 16.6 Å². The summed E-state index contributed by atoms with van der Waals surface area (Å²) in [6.45, 7) is 0. The van der Waals surface area contributed by atoms with Crippen molar-refractivity contribution >= 4 is 22.9 Å². The lowest BCUT2D eigenvalue weighted by Crippen LogP contribution is -1.99. The summed E-state index contributed by atoms with van der Waals surface area (Å²) in [6.07, 6.45) is 3.04. The Labute approximate surface area is 122 Å². The summed E-state index contributed by atoms with van der Waals surface area (Å²) in [5, 5.41) is 1.08. The van der Waals surface area contributed by atoms with Crippen LogP contribution in [0.4, 0.5) is 0 Å². The van der Waals surface area contributed by atoms with Gasteiger partial charge in [0.2, 0.25) is 0 Å². The van der Waals surface area contributed by atoms with Gasteiger partial charge in [-0.1, -0.05) is 42.5 Å². The highest BCUT2D eigenvalue weighted by molar-refractivity contribution is 5.89. The highest BCUT2D eigenvalue weighted by atomic mass is 16.5. The Kier molecular flexibility index (Phi) is 3.74. The molecule has 0 aliphatic carbocycles. The lowest BCUT2D eigenvalue weighted by Gasteiger charge is -2.00. The fraction of sp³-hybridized carbons (Fsp3) is 0. The van der Waals surface area contributed by atoms with Crippen molar-refractivity contribution in [2.24, 2.45) is 0 Å². The molecule has 2 aromatic carbocycles. The van der Waals surface area contributed by atoms with Crippen LogP contribution in [0.15, 0.2) is 73.0 Å². The molecule has 0 bridgehead atoms. The van der Waals surface area contributed by atoms with Crippen LogP contribution in [0.25, 0.3) is 17.0 Å². The Morgan fingerprint density at radius 2 is 1.67 bits per heavy atom. The Morgan fingerprint density at radius 3 is 2.52 bits per heavy atom. The molecule has 0 spiro atoms. The lowest BCUT2D eigenvalue weighted by molar-refractivity contribution is 0.0665. The quantitative estimate of drug-likeness (QED) is 0.534. The van der Waals surface area contributed by atoms with Crippen molar-refractivity contribution in [3.05, 3.63) is 84.2 Å². The molecular weight excluding hydrogens is 262 g/mol. The third kappa shape index (κ3) is 3.15. The topological polar surface area (TPSA) is 39.2 Å². The summed E-state index contributed by atoms with van der Waals surface area (Å²) in [6, 6.07) is 20.6. The van der Waals surface area contributed by atoms with Crippen LogP contribution in [0, 0.1) is 0 Å². The maximum Gasteiger partial charge on any atom is 0.342 e. The monoisotopic (exact) mass is 275 g/mol. The fourth-order valence-corrected chi connectivity index (χ4v) is 1.98. The molecule has 0 radical (unpaired) electrons. The van der Waals surface area contributed by atoms with Crippen LogP contribution in [-0.4, -0.2) is 11.0 Å². The Morgan fingerprint density at radius 1 is 0.905 bits per heavy atom. The summed E-state index contributed by atoms with van der Waals surface area (Å²) >= 11 is 0. The maximum atomic E-state index is 11.8. The second kappa shape index (κ2) is 6.01. The normalized spacial score (nSPS) is 10.9. The van der Waals surface area contributed by atoms with E-state index in [1.807, 2.05) is 42.5 Å². The Hall–Kier alpha value is -2.94. The summed E-state index contributed by atoms with van der Waals surface area (Å²) in [7, 11) is 0. The van der Waals surface area contributed by atoms with Crippen LogP contribution in [0.5, 0.6) is 0 Å². The number of fused-ring (bicyclic) bond motifs is 1. The second-order valence-corrected chi connectivity index (χ2v) is 4.50. The van der Waals surface area contributed by atoms with Crippen LogP contribution >= 0.6 is 0 Å². The molecule has 0 aliphatic rings. The minimum absolute atomic E-state index is 0.382. The van der Waals surface area contributed by atoms with E-state index in [4.69, 9.17) is 4.74 Å². The molecule has 102 valence electrons. The van der Waals surface area contributed by atoms with Crippen LogP contribution in [0.2, 0.25) is 0 Å². The van der Waals surface area contributed by atoms with Crippen molar-refractivity contribution in [2.45, 2.75) is 0 Å². The average molecular weight is 275 g/mol. The van der Waals surface area contributed by atoms with Crippen LogP contribution in [-0.2, 0) is 4.74 Å². The molecular formula is C18H13NO2. The first-order valence-corrected chi connectivity index (χ1v) is 6.61. The summed E-state index contributed by atoms with van der Waals surface area (Å²) in [4.78, 5) is 16.2. The van der Waals surface area contributed by atoms with Crippen molar-refractivity contribution < 1.29 is 9.53 Å². The predicted octanol–water partition coefficient (Wildman–Crippen LogP) is 4.06. The van der Waals surface area contributed by atoms with E-state index in [2.05, 4.69) is 4.98 Å². The molecule has 0 saturated carbocycles.